The van der Waals surface area contributed by atoms with E-state index in [0.717, 1.165) is 34.6 Å². The minimum Gasteiger partial charge on any atom is -0.493 e. The topological polar surface area (TPSA) is 30.5 Å². The highest BCUT2D eigenvalue weighted by Gasteiger charge is 2.12. The largest absolute Gasteiger partial charge is 0.493 e. The van der Waals surface area contributed by atoms with Crippen LogP contribution in [-0.4, -0.2) is 13.7 Å². The van der Waals surface area contributed by atoms with E-state index in [1.54, 1.807) is 7.11 Å². The molecule has 1 N–H and O–H groups in total. The zero-order chi connectivity index (χ0) is 18.6. The van der Waals surface area contributed by atoms with Gasteiger partial charge in [-0.1, -0.05) is 62.9 Å². The molecule has 0 saturated heterocycles. The van der Waals surface area contributed by atoms with E-state index in [9.17, 15) is 0 Å². The van der Waals surface area contributed by atoms with Gasteiger partial charge in [-0.05, 0) is 52.2 Å². The van der Waals surface area contributed by atoms with Crippen LogP contribution in [0.15, 0.2) is 46.9 Å². The zero-order valence-electron chi connectivity index (χ0n) is 15.9. The minimum absolute atomic E-state index is 0.519. The molecule has 0 aliphatic carbocycles. The van der Waals surface area contributed by atoms with Gasteiger partial charge in [-0.15, -0.1) is 0 Å². The average molecular weight is 420 g/mol. The van der Waals surface area contributed by atoms with Gasteiger partial charge in [0.1, 0.15) is 6.61 Å². The third-order valence-electron chi connectivity index (χ3n) is 4.30. The summed E-state index contributed by atoms with van der Waals surface area (Å²) in [6.45, 7) is 4.65. The van der Waals surface area contributed by atoms with Crippen molar-refractivity contribution in [3.8, 4) is 11.5 Å². The van der Waals surface area contributed by atoms with Gasteiger partial charge in [-0.25, -0.2) is 0 Å². The molecule has 2 aromatic rings. The van der Waals surface area contributed by atoms with Gasteiger partial charge in [0.15, 0.2) is 11.5 Å². The summed E-state index contributed by atoms with van der Waals surface area (Å²) >= 11 is 3.63. The second-order valence-corrected chi connectivity index (χ2v) is 7.33. The lowest BCUT2D eigenvalue weighted by atomic mass is 10.1. The van der Waals surface area contributed by atoms with E-state index < -0.39 is 0 Å². The molecule has 0 amide bonds. The maximum atomic E-state index is 5.99. The van der Waals surface area contributed by atoms with E-state index in [1.165, 1.54) is 37.7 Å². The maximum absolute atomic E-state index is 5.99. The van der Waals surface area contributed by atoms with Gasteiger partial charge >= 0.3 is 0 Å². The van der Waals surface area contributed by atoms with Crippen molar-refractivity contribution in [2.75, 3.05) is 13.7 Å². The van der Waals surface area contributed by atoms with E-state index in [0.29, 0.717) is 6.61 Å². The maximum Gasteiger partial charge on any atom is 0.175 e. The molecular formula is C22H30BrNO2. The summed E-state index contributed by atoms with van der Waals surface area (Å²) < 4.78 is 12.5. The number of ether oxygens (including phenoxy) is 2. The van der Waals surface area contributed by atoms with Crippen molar-refractivity contribution in [2.24, 2.45) is 0 Å². The van der Waals surface area contributed by atoms with E-state index in [1.807, 2.05) is 18.2 Å². The Hall–Kier alpha value is -1.52. The fourth-order valence-electron chi connectivity index (χ4n) is 2.83. The SMILES string of the molecule is CCCCCCCNCc1cc(Br)c(OCc2ccccc2)c(OC)c1. The monoisotopic (exact) mass is 419 g/mol. The number of halogens is 1. The standard InChI is InChI=1S/C22H30BrNO2/c1-3-4-5-6-10-13-24-16-19-14-20(23)22(21(15-19)25-2)26-17-18-11-8-7-9-12-18/h7-9,11-12,14-15,24H,3-6,10,13,16-17H2,1-2H3. The molecule has 0 fully saturated rings. The molecule has 142 valence electrons. The number of benzene rings is 2. The van der Waals surface area contributed by atoms with Gasteiger partial charge < -0.3 is 14.8 Å². The highest BCUT2D eigenvalue weighted by Crippen LogP contribution is 2.37. The summed E-state index contributed by atoms with van der Waals surface area (Å²) in [6, 6.07) is 14.3. The molecule has 0 spiro atoms. The summed E-state index contributed by atoms with van der Waals surface area (Å²) in [6.07, 6.45) is 6.51. The van der Waals surface area contributed by atoms with Crippen LogP contribution in [0.5, 0.6) is 11.5 Å². The summed E-state index contributed by atoms with van der Waals surface area (Å²) in [5.74, 6) is 1.51. The molecule has 3 nitrogen and oxygen atoms in total. The Morgan fingerprint density at radius 2 is 1.73 bits per heavy atom. The van der Waals surface area contributed by atoms with Gasteiger partial charge in [-0.3, -0.25) is 0 Å². The van der Waals surface area contributed by atoms with Crippen LogP contribution in [0.1, 0.15) is 50.2 Å². The van der Waals surface area contributed by atoms with Crippen LogP contribution < -0.4 is 14.8 Å². The molecule has 0 saturated carbocycles. The summed E-state index contributed by atoms with van der Waals surface area (Å²) in [5.41, 5.74) is 2.32. The van der Waals surface area contributed by atoms with Crippen molar-refractivity contribution >= 4 is 15.9 Å². The van der Waals surface area contributed by atoms with Crippen molar-refractivity contribution in [1.29, 1.82) is 0 Å². The molecule has 0 heterocycles. The molecule has 2 aromatic carbocycles. The van der Waals surface area contributed by atoms with Crippen LogP contribution in [-0.2, 0) is 13.2 Å². The number of rotatable bonds is 12. The number of unbranched alkanes of at least 4 members (excludes halogenated alkanes) is 4. The van der Waals surface area contributed by atoms with Crippen molar-refractivity contribution < 1.29 is 9.47 Å². The van der Waals surface area contributed by atoms with Crippen molar-refractivity contribution in [3.63, 3.8) is 0 Å². The second-order valence-electron chi connectivity index (χ2n) is 6.47. The Labute approximate surface area is 166 Å². The fourth-order valence-corrected chi connectivity index (χ4v) is 3.44. The van der Waals surface area contributed by atoms with Gasteiger partial charge in [0.25, 0.3) is 0 Å². The molecule has 0 atom stereocenters. The molecular weight excluding hydrogens is 390 g/mol. The first-order valence-electron chi connectivity index (χ1n) is 9.48. The summed E-state index contributed by atoms with van der Waals surface area (Å²) in [5, 5.41) is 3.52. The molecule has 0 unspecified atom stereocenters. The van der Waals surface area contributed by atoms with Gasteiger partial charge in [-0.2, -0.15) is 0 Å². The van der Waals surface area contributed by atoms with Crippen molar-refractivity contribution in [1.82, 2.24) is 5.32 Å². The van der Waals surface area contributed by atoms with Gasteiger partial charge in [0.05, 0.1) is 11.6 Å². The molecule has 2 rings (SSSR count). The van der Waals surface area contributed by atoms with Crippen molar-refractivity contribution in [3.05, 3.63) is 58.1 Å². The van der Waals surface area contributed by atoms with E-state index >= 15 is 0 Å². The van der Waals surface area contributed by atoms with Crippen LogP contribution in [0, 0.1) is 0 Å². The molecule has 0 aliphatic heterocycles. The average Bonchev–Trinajstić information content (AvgIpc) is 2.67. The first-order chi connectivity index (χ1) is 12.7. The number of hydrogen-bond donors (Lipinski definition) is 1. The lowest BCUT2D eigenvalue weighted by molar-refractivity contribution is 0.282. The van der Waals surface area contributed by atoms with E-state index in [-0.39, 0.29) is 0 Å². The van der Waals surface area contributed by atoms with Crippen LogP contribution >= 0.6 is 15.9 Å². The van der Waals surface area contributed by atoms with Crippen molar-refractivity contribution in [2.45, 2.75) is 52.2 Å². The fraction of sp³-hybridized carbons (Fsp3) is 0.455. The van der Waals surface area contributed by atoms with Crippen LogP contribution in [0.3, 0.4) is 0 Å². The lowest BCUT2D eigenvalue weighted by Crippen LogP contribution is -2.14. The molecule has 26 heavy (non-hydrogen) atoms. The second kappa shape index (κ2) is 12.0. The van der Waals surface area contributed by atoms with Crippen LogP contribution in [0.25, 0.3) is 0 Å². The third kappa shape index (κ3) is 7.00. The zero-order valence-corrected chi connectivity index (χ0v) is 17.5. The Balaban J connectivity index is 1.87. The Morgan fingerprint density at radius 1 is 0.962 bits per heavy atom. The molecule has 0 aliphatic rings. The normalized spacial score (nSPS) is 10.7. The van der Waals surface area contributed by atoms with Crippen LogP contribution in [0.4, 0.5) is 0 Å². The first kappa shape index (κ1) is 20.8. The molecule has 0 radical (unpaired) electrons. The summed E-state index contributed by atoms with van der Waals surface area (Å²) in [7, 11) is 1.68. The Bertz CT molecular complexity index is 646. The predicted octanol–water partition coefficient (Wildman–Crippen LogP) is 6.10. The molecule has 0 aromatic heterocycles. The van der Waals surface area contributed by atoms with E-state index in [4.69, 9.17) is 9.47 Å². The third-order valence-corrected chi connectivity index (χ3v) is 4.89. The smallest absolute Gasteiger partial charge is 0.175 e. The Kier molecular flexibility index (Phi) is 9.57. The van der Waals surface area contributed by atoms with E-state index in [2.05, 4.69) is 52.4 Å². The highest BCUT2D eigenvalue weighted by molar-refractivity contribution is 9.10. The molecule has 4 heteroatoms. The lowest BCUT2D eigenvalue weighted by Gasteiger charge is -2.15. The summed E-state index contributed by atoms with van der Waals surface area (Å²) in [4.78, 5) is 0. The number of nitrogens with one attached hydrogen (secondary N) is 1. The first-order valence-corrected chi connectivity index (χ1v) is 10.3. The quantitative estimate of drug-likeness (QED) is 0.421. The Morgan fingerprint density at radius 3 is 2.46 bits per heavy atom. The predicted molar refractivity (Wildman–Crippen MR) is 112 cm³/mol. The number of hydrogen-bond acceptors (Lipinski definition) is 3. The minimum atomic E-state index is 0.519. The number of methoxy groups -OCH3 is 1. The van der Waals surface area contributed by atoms with Crippen LogP contribution in [0.2, 0.25) is 0 Å². The van der Waals surface area contributed by atoms with Gasteiger partial charge in [0.2, 0.25) is 0 Å². The van der Waals surface area contributed by atoms with Gasteiger partial charge in [0, 0.05) is 6.54 Å². The highest BCUT2D eigenvalue weighted by atomic mass is 79.9. The molecule has 0 bridgehead atoms.